The lowest BCUT2D eigenvalue weighted by Gasteiger charge is -2.12. The Morgan fingerprint density at radius 2 is 1.72 bits per heavy atom. The number of halogens is 1. The number of imidazole rings is 1. The lowest BCUT2D eigenvalue weighted by Crippen LogP contribution is -2.14. The zero-order chi connectivity index (χ0) is 21.9. The highest BCUT2D eigenvalue weighted by atomic mass is 35.5. The first kappa shape index (κ1) is 20.5. The van der Waals surface area contributed by atoms with Crippen LogP contribution >= 0.6 is 23.4 Å². The lowest BCUT2D eigenvalue weighted by atomic mass is 10.1. The van der Waals surface area contributed by atoms with Crippen LogP contribution in [-0.4, -0.2) is 18.9 Å². The summed E-state index contributed by atoms with van der Waals surface area (Å²) in [7, 11) is 0. The maximum absolute atomic E-state index is 12.4. The van der Waals surface area contributed by atoms with Gasteiger partial charge in [-0.1, -0.05) is 71.9 Å². The fourth-order valence-electron chi connectivity index (χ4n) is 3.56. The van der Waals surface area contributed by atoms with Crippen LogP contribution in [0.25, 0.3) is 16.9 Å². The Morgan fingerprint density at radius 3 is 2.53 bits per heavy atom. The second-order valence-corrected chi connectivity index (χ2v) is 8.69. The first-order valence-electron chi connectivity index (χ1n) is 10.1. The van der Waals surface area contributed by atoms with Gasteiger partial charge in [-0.15, -0.1) is 0 Å². The molecule has 0 saturated heterocycles. The Morgan fingerprint density at radius 1 is 0.938 bits per heavy atom. The molecular weight excluding hydrogens is 440 g/mol. The number of hydrogen-bond acceptors (Lipinski definition) is 4. The summed E-state index contributed by atoms with van der Waals surface area (Å²) in [6.45, 7) is 0.689. The molecule has 0 N–H and O–H groups in total. The van der Waals surface area contributed by atoms with Crippen LogP contribution in [0.2, 0.25) is 5.02 Å². The van der Waals surface area contributed by atoms with Gasteiger partial charge in [0.1, 0.15) is 5.65 Å². The largest absolute Gasteiger partial charge is 0.314 e. The highest BCUT2D eigenvalue weighted by Crippen LogP contribution is 2.29. The molecule has 0 aliphatic heterocycles. The Labute approximate surface area is 194 Å². The smallest absolute Gasteiger partial charge is 0.258 e. The third kappa shape index (κ3) is 4.33. The second-order valence-electron chi connectivity index (χ2n) is 7.31. The van der Waals surface area contributed by atoms with Gasteiger partial charge in [-0.3, -0.25) is 9.20 Å². The molecule has 0 fully saturated rings. The van der Waals surface area contributed by atoms with Crippen LogP contribution in [0.1, 0.15) is 11.3 Å². The van der Waals surface area contributed by atoms with Crippen LogP contribution in [0.4, 0.5) is 0 Å². The molecule has 0 saturated carbocycles. The maximum atomic E-state index is 12.4. The van der Waals surface area contributed by atoms with E-state index < -0.39 is 0 Å². The van der Waals surface area contributed by atoms with Crippen molar-refractivity contribution in [2.45, 2.75) is 17.5 Å². The number of benzene rings is 2. The zero-order valence-corrected chi connectivity index (χ0v) is 18.6. The van der Waals surface area contributed by atoms with Gasteiger partial charge < -0.3 is 4.57 Å². The molecular formula is C25H19ClN4OS. The summed E-state index contributed by atoms with van der Waals surface area (Å²) in [6, 6.07) is 25.2. The number of hydrogen-bond donors (Lipinski definition) is 0. The molecule has 5 aromatic rings. The number of thioether (sulfide) groups is 1. The molecule has 3 heterocycles. The van der Waals surface area contributed by atoms with E-state index in [1.807, 2.05) is 66.9 Å². The fourth-order valence-corrected chi connectivity index (χ4v) is 4.56. The predicted molar refractivity (Wildman–Crippen MR) is 129 cm³/mol. The van der Waals surface area contributed by atoms with Crippen LogP contribution in [0.5, 0.6) is 0 Å². The molecule has 0 spiro atoms. The molecule has 0 aliphatic rings. The number of aromatic nitrogens is 4. The maximum Gasteiger partial charge on any atom is 0.258 e. The van der Waals surface area contributed by atoms with Gasteiger partial charge in [0.15, 0.2) is 5.16 Å². The van der Waals surface area contributed by atoms with Crippen LogP contribution in [-0.2, 0) is 12.3 Å². The topological polar surface area (TPSA) is 52.2 Å². The van der Waals surface area contributed by atoms with Crippen molar-refractivity contribution in [3.63, 3.8) is 0 Å². The van der Waals surface area contributed by atoms with E-state index in [9.17, 15) is 4.79 Å². The summed E-state index contributed by atoms with van der Waals surface area (Å²) in [4.78, 5) is 21.7. The lowest BCUT2D eigenvalue weighted by molar-refractivity contribution is 0.715. The van der Waals surface area contributed by atoms with Crippen molar-refractivity contribution < 1.29 is 0 Å². The average molecular weight is 459 g/mol. The van der Waals surface area contributed by atoms with Crippen LogP contribution in [0, 0.1) is 0 Å². The number of rotatable bonds is 6. The van der Waals surface area contributed by atoms with E-state index >= 15 is 0 Å². The molecule has 0 amide bonds. The summed E-state index contributed by atoms with van der Waals surface area (Å²) in [5.74, 6) is 0.548. The molecule has 0 aliphatic carbocycles. The van der Waals surface area contributed by atoms with Crippen LogP contribution in [0.3, 0.4) is 0 Å². The molecule has 158 valence electrons. The highest BCUT2D eigenvalue weighted by molar-refractivity contribution is 7.98. The molecule has 2 aromatic carbocycles. The van der Waals surface area contributed by atoms with Crippen molar-refractivity contribution in [2.24, 2.45) is 0 Å². The summed E-state index contributed by atoms with van der Waals surface area (Å²) < 4.78 is 3.74. The third-order valence-electron chi connectivity index (χ3n) is 5.12. The minimum absolute atomic E-state index is 0.0827. The molecule has 3 aromatic heterocycles. The first-order valence-corrected chi connectivity index (χ1v) is 11.5. The van der Waals surface area contributed by atoms with Crippen molar-refractivity contribution in [1.82, 2.24) is 18.9 Å². The van der Waals surface area contributed by atoms with E-state index in [2.05, 4.69) is 21.7 Å². The molecule has 32 heavy (non-hydrogen) atoms. The average Bonchev–Trinajstić information content (AvgIpc) is 3.21. The zero-order valence-electron chi connectivity index (χ0n) is 17.1. The quantitative estimate of drug-likeness (QED) is 0.313. The first-order chi connectivity index (χ1) is 15.7. The standard InChI is InChI=1S/C25H19ClN4OS/c26-20-11-9-19(10-12-20)22-15-27-25(30(22)16-18-6-2-1-3-7-18)32-17-21-14-24(31)29-13-5-4-8-23(29)28-21/h1-15H,16-17H2. The molecule has 5 nitrogen and oxygen atoms in total. The summed E-state index contributed by atoms with van der Waals surface area (Å²) in [5.41, 5.74) is 4.54. The number of nitrogens with zero attached hydrogens (tertiary/aromatic N) is 4. The normalized spacial score (nSPS) is 11.2. The molecule has 7 heteroatoms. The van der Waals surface area contributed by atoms with E-state index in [4.69, 9.17) is 16.6 Å². The Balaban J connectivity index is 1.48. The fraction of sp³-hybridized carbons (Fsp3) is 0.0800. The summed E-state index contributed by atoms with van der Waals surface area (Å²) in [6.07, 6.45) is 3.61. The van der Waals surface area contributed by atoms with Gasteiger partial charge in [-0.05, 0) is 35.4 Å². The predicted octanol–water partition coefficient (Wildman–Crippen LogP) is 5.55. The number of fused-ring (bicyclic) bond motifs is 1. The van der Waals surface area contributed by atoms with E-state index in [-0.39, 0.29) is 5.56 Å². The van der Waals surface area contributed by atoms with Crippen LogP contribution < -0.4 is 5.56 Å². The van der Waals surface area contributed by atoms with Gasteiger partial charge in [0.2, 0.25) is 0 Å². The van der Waals surface area contributed by atoms with Gasteiger partial charge in [0.25, 0.3) is 5.56 Å². The van der Waals surface area contributed by atoms with Gasteiger partial charge in [0.05, 0.1) is 24.1 Å². The van der Waals surface area contributed by atoms with E-state index in [1.165, 1.54) is 5.56 Å². The van der Waals surface area contributed by atoms with Crippen molar-refractivity contribution in [1.29, 1.82) is 0 Å². The minimum Gasteiger partial charge on any atom is -0.314 e. The molecule has 0 atom stereocenters. The van der Waals surface area contributed by atoms with E-state index in [1.54, 1.807) is 28.4 Å². The Hall–Kier alpha value is -3.35. The molecule has 0 bridgehead atoms. The Kier molecular flexibility index (Phi) is 5.79. The van der Waals surface area contributed by atoms with Crippen molar-refractivity contribution in [2.75, 3.05) is 0 Å². The van der Waals surface area contributed by atoms with Gasteiger partial charge in [0, 0.05) is 23.0 Å². The van der Waals surface area contributed by atoms with Gasteiger partial charge in [-0.25, -0.2) is 9.97 Å². The third-order valence-corrected chi connectivity index (χ3v) is 6.39. The minimum atomic E-state index is -0.0827. The molecule has 0 unspecified atom stereocenters. The molecule has 0 radical (unpaired) electrons. The second kappa shape index (κ2) is 9.02. The monoisotopic (exact) mass is 458 g/mol. The van der Waals surface area contributed by atoms with Gasteiger partial charge in [-0.2, -0.15) is 0 Å². The van der Waals surface area contributed by atoms with Crippen molar-refractivity contribution >= 4 is 29.0 Å². The van der Waals surface area contributed by atoms with E-state index in [0.717, 1.165) is 22.1 Å². The Bertz CT molecular complexity index is 1430. The van der Waals surface area contributed by atoms with Crippen LogP contribution in [0.15, 0.2) is 101 Å². The van der Waals surface area contributed by atoms with E-state index in [0.29, 0.717) is 23.0 Å². The highest BCUT2D eigenvalue weighted by Gasteiger charge is 2.14. The van der Waals surface area contributed by atoms with Crippen molar-refractivity contribution in [3.8, 4) is 11.3 Å². The van der Waals surface area contributed by atoms with Crippen molar-refractivity contribution in [3.05, 3.63) is 118 Å². The van der Waals surface area contributed by atoms with Gasteiger partial charge >= 0.3 is 0 Å². The summed E-state index contributed by atoms with van der Waals surface area (Å²) >= 11 is 7.66. The SMILES string of the molecule is O=c1cc(CSc2ncc(-c3ccc(Cl)cc3)n2Cc2ccccc2)nc2ccccn12. The molecule has 5 rings (SSSR count). The number of pyridine rings is 1. The summed E-state index contributed by atoms with van der Waals surface area (Å²) in [5, 5.41) is 1.57.